The molecule has 50 heavy (non-hydrogen) atoms. The molecule has 6 fully saturated rings. The van der Waals surface area contributed by atoms with E-state index >= 15 is 0 Å². The zero-order valence-electron chi connectivity index (χ0n) is 29.5. The lowest BCUT2D eigenvalue weighted by Gasteiger charge is -2.56. The van der Waals surface area contributed by atoms with Gasteiger partial charge in [-0.25, -0.2) is 4.79 Å². The number of ether oxygens (including phenoxy) is 2. The van der Waals surface area contributed by atoms with Crippen molar-refractivity contribution in [3.05, 3.63) is 107 Å². The zero-order valence-corrected chi connectivity index (χ0v) is 29.5. The van der Waals surface area contributed by atoms with Crippen molar-refractivity contribution in [1.29, 1.82) is 0 Å². The number of amides is 2. The third kappa shape index (κ3) is 7.65. The molecule has 8 nitrogen and oxygen atoms in total. The molecule has 0 spiro atoms. The number of benzene rings is 3. The molecule has 2 heterocycles. The minimum Gasteiger partial charge on any atom is -0.392 e. The fourth-order valence-electron chi connectivity index (χ4n) is 10.1. The highest BCUT2D eigenvalue weighted by Crippen LogP contribution is 2.55. The minimum atomic E-state index is -0.500. The number of aliphatic hydroxyl groups excluding tert-OH is 1. The Kier molecular flexibility index (Phi) is 9.99. The first kappa shape index (κ1) is 33.9. The standard InChI is InChI=1S/C42H54N4O4/c1-29-38(27-46-17-15-45(16-18-46)26-31-5-3-2-4-6-31)49-40(50-39(29)36-11-9-32(28-47)10-12-36)37-13-7-30(8-14-37)25-43-41(48)44-42-22-33-19-34(23-42)21-35(20-33)24-42/h2-14,29,33-35,38-40,47H,15-28H2,1H3,(H2,43,44,48). The second kappa shape index (κ2) is 14.8. The van der Waals surface area contributed by atoms with Crippen LogP contribution in [0.1, 0.15) is 85.7 Å². The predicted octanol–water partition coefficient (Wildman–Crippen LogP) is 6.56. The smallest absolute Gasteiger partial charge is 0.315 e. The summed E-state index contributed by atoms with van der Waals surface area (Å²) >= 11 is 0. The maximum atomic E-state index is 13.1. The van der Waals surface area contributed by atoms with Crippen molar-refractivity contribution in [3.8, 4) is 0 Å². The summed E-state index contributed by atoms with van der Waals surface area (Å²) in [6.45, 7) is 8.70. The molecule has 4 aliphatic carbocycles. The Hall–Kier alpha value is -3.27. The van der Waals surface area contributed by atoms with E-state index < -0.39 is 6.29 Å². The van der Waals surface area contributed by atoms with E-state index in [-0.39, 0.29) is 36.3 Å². The molecular formula is C42H54N4O4. The SMILES string of the molecule is CC1C(CN2CCN(Cc3ccccc3)CC2)OC(c2ccc(CNC(=O)NC34CC5CC(CC(C5)C3)C4)cc2)OC1c1ccc(CO)cc1. The van der Waals surface area contributed by atoms with E-state index in [0.29, 0.717) is 6.54 Å². The van der Waals surface area contributed by atoms with E-state index in [4.69, 9.17) is 9.47 Å². The first-order valence-electron chi connectivity index (χ1n) is 19.0. The van der Waals surface area contributed by atoms with Crippen LogP contribution in [0.3, 0.4) is 0 Å². The van der Waals surface area contributed by atoms with Gasteiger partial charge in [0.05, 0.1) is 18.8 Å². The molecule has 266 valence electrons. The number of carbonyl (C=O) groups excluding carboxylic acids is 1. The van der Waals surface area contributed by atoms with Gasteiger partial charge in [0.1, 0.15) is 0 Å². The number of aliphatic hydroxyl groups is 1. The van der Waals surface area contributed by atoms with E-state index in [1.807, 2.05) is 12.1 Å². The highest BCUT2D eigenvalue weighted by atomic mass is 16.7. The van der Waals surface area contributed by atoms with Crippen molar-refractivity contribution < 1.29 is 19.4 Å². The van der Waals surface area contributed by atoms with E-state index in [2.05, 4.69) is 94.1 Å². The maximum Gasteiger partial charge on any atom is 0.315 e. The zero-order chi connectivity index (χ0) is 34.1. The monoisotopic (exact) mass is 678 g/mol. The topological polar surface area (TPSA) is 86.3 Å². The number of nitrogens with zero attached hydrogens (tertiary/aromatic N) is 2. The van der Waals surface area contributed by atoms with Crippen LogP contribution < -0.4 is 10.6 Å². The van der Waals surface area contributed by atoms with E-state index in [9.17, 15) is 9.90 Å². The molecule has 4 unspecified atom stereocenters. The average molecular weight is 679 g/mol. The molecule has 2 aliphatic heterocycles. The van der Waals surface area contributed by atoms with Gasteiger partial charge in [-0.1, -0.05) is 85.8 Å². The van der Waals surface area contributed by atoms with Gasteiger partial charge in [-0.2, -0.15) is 0 Å². The van der Waals surface area contributed by atoms with Gasteiger partial charge < -0.3 is 25.2 Å². The predicted molar refractivity (Wildman–Crippen MR) is 194 cm³/mol. The Bertz CT molecular complexity index is 1540. The van der Waals surface area contributed by atoms with E-state index in [0.717, 1.165) is 98.5 Å². The number of rotatable bonds is 10. The average Bonchev–Trinajstić information content (AvgIpc) is 3.12. The maximum absolute atomic E-state index is 13.1. The summed E-state index contributed by atoms with van der Waals surface area (Å²) in [4.78, 5) is 18.2. The number of piperazine rings is 1. The molecule has 2 saturated heterocycles. The Balaban J connectivity index is 0.900. The van der Waals surface area contributed by atoms with Gasteiger partial charge in [-0.3, -0.25) is 9.80 Å². The van der Waals surface area contributed by atoms with Crippen LogP contribution in [0, 0.1) is 23.7 Å². The van der Waals surface area contributed by atoms with Gasteiger partial charge in [0.15, 0.2) is 6.29 Å². The highest BCUT2D eigenvalue weighted by molar-refractivity contribution is 5.75. The molecule has 4 bridgehead atoms. The summed E-state index contributed by atoms with van der Waals surface area (Å²) in [6.07, 6.45) is 6.91. The molecule has 9 rings (SSSR count). The van der Waals surface area contributed by atoms with Gasteiger partial charge in [-0.15, -0.1) is 0 Å². The number of urea groups is 1. The summed E-state index contributed by atoms with van der Waals surface area (Å²) < 4.78 is 13.5. The molecule has 8 heteroatoms. The molecule has 2 amide bonds. The normalized spacial score (nSPS) is 32.6. The lowest BCUT2D eigenvalue weighted by Crippen LogP contribution is -2.61. The lowest BCUT2D eigenvalue weighted by atomic mass is 9.53. The second-order valence-corrected chi connectivity index (χ2v) is 16.1. The van der Waals surface area contributed by atoms with Crippen LogP contribution in [-0.2, 0) is 29.2 Å². The van der Waals surface area contributed by atoms with Crippen LogP contribution in [0.25, 0.3) is 0 Å². The minimum absolute atomic E-state index is 0.00781. The third-order valence-electron chi connectivity index (χ3n) is 12.4. The van der Waals surface area contributed by atoms with Crippen LogP contribution in [-0.4, -0.2) is 65.3 Å². The molecular weight excluding hydrogens is 624 g/mol. The van der Waals surface area contributed by atoms with Crippen molar-refractivity contribution in [2.45, 2.75) is 89.2 Å². The number of nitrogens with one attached hydrogen (secondary N) is 2. The van der Waals surface area contributed by atoms with Crippen LogP contribution in [0.4, 0.5) is 4.79 Å². The van der Waals surface area contributed by atoms with Crippen LogP contribution >= 0.6 is 0 Å². The quantitative estimate of drug-likeness (QED) is 0.226. The molecule has 3 aromatic carbocycles. The van der Waals surface area contributed by atoms with Crippen molar-refractivity contribution in [2.75, 3.05) is 32.7 Å². The van der Waals surface area contributed by atoms with Gasteiger partial charge in [0.2, 0.25) is 0 Å². The van der Waals surface area contributed by atoms with E-state index in [1.54, 1.807) is 0 Å². The van der Waals surface area contributed by atoms with E-state index in [1.165, 1.54) is 24.8 Å². The fourth-order valence-corrected chi connectivity index (χ4v) is 10.1. The summed E-state index contributed by atoms with van der Waals surface area (Å²) in [6, 6.07) is 27.1. The molecule has 6 aliphatic rings. The molecule has 0 radical (unpaired) electrons. The fraction of sp³-hybridized carbons (Fsp3) is 0.548. The second-order valence-electron chi connectivity index (χ2n) is 16.1. The molecule has 3 aromatic rings. The first-order chi connectivity index (χ1) is 24.4. The number of hydrogen-bond acceptors (Lipinski definition) is 6. The molecule has 3 N–H and O–H groups in total. The largest absolute Gasteiger partial charge is 0.392 e. The van der Waals surface area contributed by atoms with Gasteiger partial charge in [0.25, 0.3) is 0 Å². The lowest BCUT2D eigenvalue weighted by molar-refractivity contribution is -0.276. The van der Waals surface area contributed by atoms with Crippen LogP contribution in [0.2, 0.25) is 0 Å². The molecule has 4 saturated carbocycles. The summed E-state index contributed by atoms with van der Waals surface area (Å²) in [7, 11) is 0. The Morgan fingerprint density at radius 3 is 2.00 bits per heavy atom. The number of carbonyl (C=O) groups is 1. The van der Waals surface area contributed by atoms with Crippen LogP contribution in [0.5, 0.6) is 0 Å². The Labute approximate surface area is 297 Å². The van der Waals surface area contributed by atoms with Gasteiger partial charge >= 0.3 is 6.03 Å². The molecule has 0 aromatic heterocycles. The van der Waals surface area contributed by atoms with Crippen molar-refractivity contribution in [2.24, 2.45) is 23.7 Å². The Morgan fingerprint density at radius 1 is 0.760 bits per heavy atom. The number of hydrogen-bond donors (Lipinski definition) is 3. The summed E-state index contributed by atoms with van der Waals surface area (Å²) in [5, 5.41) is 16.2. The van der Waals surface area contributed by atoms with Gasteiger partial charge in [0, 0.05) is 62.8 Å². The molecule has 4 atom stereocenters. The highest BCUT2D eigenvalue weighted by Gasteiger charge is 2.51. The summed E-state index contributed by atoms with van der Waals surface area (Å²) in [5.41, 5.74) is 5.41. The van der Waals surface area contributed by atoms with Crippen molar-refractivity contribution in [3.63, 3.8) is 0 Å². The van der Waals surface area contributed by atoms with Gasteiger partial charge in [-0.05, 0) is 78.5 Å². The van der Waals surface area contributed by atoms with Crippen molar-refractivity contribution >= 4 is 6.03 Å². The van der Waals surface area contributed by atoms with Crippen LogP contribution in [0.15, 0.2) is 78.9 Å². The summed E-state index contributed by atoms with van der Waals surface area (Å²) in [5.74, 6) is 2.55. The van der Waals surface area contributed by atoms with Crippen molar-refractivity contribution in [1.82, 2.24) is 20.4 Å². The first-order valence-corrected chi connectivity index (χ1v) is 19.0. The Morgan fingerprint density at radius 2 is 1.36 bits per heavy atom. The third-order valence-corrected chi connectivity index (χ3v) is 12.4.